The Labute approximate surface area is 240 Å². The molecule has 4 fully saturated rings. The van der Waals surface area contributed by atoms with Gasteiger partial charge in [-0.25, -0.2) is 9.78 Å². The predicted octanol–water partition coefficient (Wildman–Crippen LogP) is 4.64. The summed E-state index contributed by atoms with van der Waals surface area (Å²) in [5, 5.41) is 3.14. The molecule has 0 aromatic carbocycles. The second-order valence-electron chi connectivity index (χ2n) is 13.5. The number of amides is 1. The fourth-order valence-electron chi connectivity index (χ4n) is 7.27. The third-order valence-electron chi connectivity index (χ3n) is 9.69. The van der Waals surface area contributed by atoms with E-state index in [0.29, 0.717) is 18.9 Å². The summed E-state index contributed by atoms with van der Waals surface area (Å²) in [6, 6.07) is -0.241. The van der Waals surface area contributed by atoms with Crippen molar-refractivity contribution in [3.63, 3.8) is 0 Å². The van der Waals surface area contributed by atoms with Gasteiger partial charge in [-0.05, 0) is 78.8 Å². The predicted molar refractivity (Wildman–Crippen MR) is 153 cm³/mol. The van der Waals surface area contributed by atoms with Gasteiger partial charge >= 0.3 is 6.09 Å². The average molecular weight is 559 g/mol. The number of rotatable bonds is 10. The van der Waals surface area contributed by atoms with Crippen LogP contribution >= 0.6 is 0 Å². The van der Waals surface area contributed by atoms with Gasteiger partial charge in [0.05, 0.1) is 30.4 Å². The van der Waals surface area contributed by atoms with Gasteiger partial charge in [0.2, 0.25) is 0 Å². The van der Waals surface area contributed by atoms with Crippen LogP contribution in [0.2, 0.25) is 0 Å². The molecule has 40 heavy (non-hydrogen) atoms. The summed E-state index contributed by atoms with van der Waals surface area (Å²) in [7, 11) is 3.89. The van der Waals surface area contributed by atoms with Crippen molar-refractivity contribution in [2.45, 2.75) is 109 Å². The molecule has 3 saturated heterocycles. The number of likely N-dealkylation sites (tertiary alicyclic amines) is 1. The molecule has 4 aliphatic rings. The largest absolute Gasteiger partial charge is 0.443 e. The van der Waals surface area contributed by atoms with Crippen molar-refractivity contribution in [3.8, 4) is 0 Å². The number of nitrogens with one attached hydrogen (secondary N) is 1. The molecule has 1 aromatic rings. The zero-order valence-electron chi connectivity index (χ0n) is 25.7. The first-order valence-electron chi connectivity index (χ1n) is 15.1. The van der Waals surface area contributed by atoms with Crippen LogP contribution in [0.15, 0.2) is 17.8 Å². The Bertz CT molecular complexity index is 1090. The summed E-state index contributed by atoms with van der Waals surface area (Å²) in [5.74, 6) is 1.77. The molecule has 0 bridgehead atoms. The van der Waals surface area contributed by atoms with Gasteiger partial charge in [-0.3, -0.25) is 0 Å². The fraction of sp³-hybridized carbons (Fsp3) is 0.806. The number of carbonyl (C=O) groups excluding carboxylic acids is 1. The number of nitrogens with zero attached hydrogens (tertiary/aromatic N) is 3. The first kappa shape index (κ1) is 29.5. The molecule has 1 amide bonds. The van der Waals surface area contributed by atoms with Gasteiger partial charge in [0.15, 0.2) is 0 Å². The van der Waals surface area contributed by atoms with E-state index < -0.39 is 6.09 Å². The normalized spacial score (nSPS) is 36.1. The van der Waals surface area contributed by atoms with E-state index in [2.05, 4.69) is 68.7 Å². The quantitative estimate of drug-likeness (QED) is 0.330. The minimum Gasteiger partial charge on any atom is -0.443 e. The zero-order valence-corrected chi connectivity index (χ0v) is 25.7. The van der Waals surface area contributed by atoms with Crippen LogP contribution in [0.25, 0.3) is 0 Å². The minimum absolute atomic E-state index is 0.000915. The number of epoxide rings is 2. The lowest BCUT2D eigenvalue weighted by molar-refractivity contribution is -0.118. The Morgan fingerprint density at radius 3 is 2.67 bits per heavy atom. The van der Waals surface area contributed by atoms with Gasteiger partial charge in [0.1, 0.15) is 29.2 Å². The van der Waals surface area contributed by atoms with E-state index in [1.807, 2.05) is 6.92 Å². The van der Waals surface area contributed by atoms with E-state index in [9.17, 15) is 4.79 Å². The highest BCUT2D eigenvalue weighted by molar-refractivity contribution is 5.68. The molecule has 1 aliphatic carbocycles. The van der Waals surface area contributed by atoms with Crippen molar-refractivity contribution in [1.82, 2.24) is 19.8 Å². The monoisotopic (exact) mass is 558 g/mol. The van der Waals surface area contributed by atoms with E-state index in [-0.39, 0.29) is 47.4 Å². The Morgan fingerprint density at radius 1 is 1.32 bits per heavy atom. The summed E-state index contributed by atoms with van der Waals surface area (Å²) in [5.41, 5.74) is 1.56. The highest BCUT2D eigenvalue weighted by Gasteiger charge is 2.72. The lowest BCUT2D eigenvalue weighted by atomic mass is 9.68. The smallest absolute Gasteiger partial charge is 0.408 e. The van der Waals surface area contributed by atoms with Crippen molar-refractivity contribution in [2.24, 2.45) is 17.8 Å². The number of allylic oxidation sites excluding steroid dienone is 1. The fourth-order valence-corrected chi connectivity index (χ4v) is 7.27. The lowest BCUT2D eigenvalue weighted by Gasteiger charge is -2.42. The van der Waals surface area contributed by atoms with Gasteiger partial charge in [0.25, 0.3) is 0 Å². The Hall–Kier alpha value is -1.94. The number of imidazole rings is 1. The molecule has 1 aromatic heterocycles. The highest BCUT2D eigenvalue weighted by atomic mass is 16.6. The number of hydrogen-bond donors (Lipinski definition) is 1. The molecule has 8 atom stereocenters. The van der Waals surface area contributed by atoms with Gasteiger partial charge in [-0.1, -0.05) is 25.5 Å². The minimum atomic E-state index is -0.426. The first-order valence-corrected chi connectivity index (χ1v) is 15.1. The van der Waals surface area contributed by atoms with E-state index >= 15 is 0 Å². The maximum atomic E-state index is 13.4. The molecular weight excluding hydrogens is 508 g/mol. The Balaban J connectivity index is 1.25. The summed E-state index contributed by atoms with van der Waals surface area (Å²) < 4.78 is 26.8. The van der Waals surface area contributed by atoms with Crippen LogP contribution in [-0.2, 0) is 25.5 Å². The summed E-state index contributed by atoms with van der Waals surface area (Å²) >= 11 is 0. The highest BCUT2D eigenvalue weighted by Crippen LogP contribution is 2.59. The molecule has 0 radical (unpaired) electrons. The number of ether oxygens (including phenoxy) is 4. The van der Waals surface area contributed by atoms with Crippen LogP contribution in [0.1, 0.15) is 77.9 Å². The third-order valence-corrected chi connectivity index (χ3v) is 9.69. The van der Waals surface area contributed by atoms with E-state index in [1.165, 1.54) is 12.0 Å². The SMILES string of the molecule is CO[C@H]1C([C@@]2(C)O[C@@H]2CC=C(C)C)[C@]2(CC[C@H]1OC(=O)N[C@H](c1cn(C[C@H]3CCN(C)C3)c(C)n1)C(C)C)CO2. The zero-order chi connectivity index (χ0) is 28.8. The molecule has 1 spiro atoms. The molecule has 9 heteroatoms. The van der Waals surface area contributed by atoms with Gasteiger partial charge < -0.3 is 33.7 Å². The number of aryl methyl sites for hydroxylation is 1. The summed E-state index contributed by atoms with van der Waals surface area (Å²) in [6.07, 6.45) is 6.96. The standard InChI is InChI=1S/C31H50N4O5/c1-19(2)9-10-25-30(6,40-25)28-27(37-8)24(11-13-31(28)18-38-31)39-29(36)33-26(20(3)4)23-17-35(21(5)32-23)16-22-12-14-34(7)15-22/h9,17,20,22,24-28H,10-16,18H2,1-8H3,(H,33,36)/t22-,24+,25+,26-,27+,28?,30-,31-/m0/s1. The third kappa shape index (κ3) is 5.98. The van der Waals surface area contributed by atoms with Gasteiger partial charge in [0, 0.05) is 26.4 Å². The van der Waals surface area contributed by atoms with Crippen LogP contribution in [-0.4, -0.2) is 83.9 Å². The molecular formula is C31H50N4O5. The Morgan fingerprint density at radius 2 is 2.08 bits per heavy atom. The van der Waals surface area contributed by atoms with Crippen molar-refractivity contribution >= 4 is 6.09 Å². The first-order chi connectivity index (χ1) is 19.0. The molecule has 1 unspecified atom stereocenters. The van der Waals surface area contributed by atoms with Crippen LogP contribution in [0.4, 0.5) is 4.79 Å². The van der Waals surface area contributed by atoms with E-state index in [0.717, 1.165) is 44.0 Å². The van der Waals surface area contributed by atoms with Gasteiger partial charge in [-0.2, -0.15) is 0 Å². The van der Waals surface area contributed by atoms with E-state index in [4.69, 9.17) is 23.9 Å². The van der Waals surface area contributed by atoms with Crippen molar-refractivity contribution in [3.05, 3.63) is 29.4 Å². The second-order valence-corrected chi connectivity index (χ2v) is 13.5. The number of carbonyl (C=O) groups is 1. The Kier molecular flexibility index (Phi) is 8.41. The van der Waals surface area contributed by atoms with Crippen LogP contribution in [0, 0.1) is 24.7 Å². The van der Waals surface area contributed by atoms with Crippen LogP contribution < -0.4 is 5.32 Å². The molecule has 224 valence electrons. The maximum absolute atomic E-state index is 13.4. The molecule has 1 saturated carbocycles. The topological polar surface area (TPSA) is 93.7 Å². The number of hydrogen-bond acceptors (Lipinski definition) is 7. The molecule has 3 aliphatic heterocycles. The lowest BCUT2D eigenvalue weighted by Crippen LogP contribution is -2.56. The van der Waals surface area contributed by atoms with Crippen molar-refractivity contribution < 1.29 is 23.7 Å². The van der Waals surface area contributed by atoms with Crippen LogP contribution in [0.5, 0.6) is 0 Å². The molecule has 9 nitrogen and oxygen atoms in total. The van der Waals surface area contributed by atoms with Gasteiger partial charge in [-0.15, -0.1) is 0 Å². The van der Waals surface area contributed by atoms with Crippen molar-refractivity contribution in [2.75, 3.05) is 33.9 Å². The maximum Gasteiger partial charge on any atom is 0.408 e. The summed E-state index contributed by atoms with van der Waals surface area (Å²) in [4.78, 5) is 20.6. The molecule has 4 heterocycles. The average Bonchev–Trinajstić information content (AvgIpc) is 3.71. The second kappa shape index (κ2) is 11.4. The van der Waals surface area contributed by atoms with Crippen molar-refractivity contribution in [1.29, 1.82) is 0 Å². The molecule has 5 rings (SSSR count). The number of methoxy groups -OCH3 is 1. The molecule has 1 N–H and O–H groups in total. The number of aromatic nitrogens is 2. The van der Waals surface area contributed by atoms with Crippen LogP contribution in [0.3, 0.4) is 0 Å². The summed E-state index contributed by atoms with van der Waals surface area (Å²) in [6.45, 7) is 16.6. The number of alkyl carbamates (subject to hydrolysis) is 1. The van der Waals surface area contributed by atoms with E-state index in [1.54, 1.807) is 7.11 Å².